The topological polar surface area (TPSA) is 53.1 Å². The van der Waals surface area contributed by atoms with Crippen LogP contribution >= 0.6 is 0 Å². The summed E-state index contributed by atoms with van der Waals surface area (Å²) in [5.41, 5.74) is 8.86. The van der Waals surface area contributed by atoms with Gasteiger partial charge in [-0.25, -0.2) is 4.98 Å². The molecule has 2 N–H and O–H groups in total. The zero-order chi connectivity index (χ0) is 13.1. The highest BCUT2D eigenvalue weighted by molar-refractivity contribution is 5.38. The summed E-state index contributed by atoms with van der Waals surface area (Å²) in [4.78, 5) is 4.41. The van der Waals surface area contributed by atoms with E-state index in [-0.39, 0.29) is 0 Å². The van der Waals surface area contributed by atoms with Gasteiger partial charge in [-0.05, 0) is 31.0 Å². The molecule has 4 heteroatoms. The zero-order valence-corrected chi connectivity index (χ0v) is 11.1. The number of nitrogens with zero attached hydrogens (tertiary/aromatic N) is 2. The summed E-state index contributed by atoms with van der Waals surface area (Å²) in [6.07, 6.45) is 1.93. The Morgan fingerprint density at radius 1 is 1.33 bits per heavy atom. The molecule has 0 aliphatic carbocycles. The number of ether oxygens (including phenoxy) is 1. The van der Waals surface area contributed by atoms with Crippen LogP contribution in [0.15, 0.2) is 24.4 Å². The maximum atomic E-state index is 5.82. The van der Waals surface area contributed by atoms with Gasteiger partial charge in [0.25, 0.3) is 0 Å². The second-order valence-corrected chi connectivity index (χ2v) is 4.45. The summed E-state index contributed by atoms with van der Waals surface area (Å²) in [5, 5.41) is 0. The standard InChI is InChI=1S/C14H19N3O/c1-10-5-4-6-13(11(10)2)18-9-14-16-12(7-15)8-17(14)3/h4-6,8H,7,9,15H2,1-3H3. The summed E-state index contributed by atoms with van der Waals surface area (Å²) >= 11 is 0. The van der Waals surface area contributed by atoms with Crippen molar-refractivity contribution in [1.82, 2.24) is 9.55 Å². The molecule has 0 unspecified atom stereocenters. The van der Waals surface area contributed by atoms with E-state index < -0.39 is 0 Å². The van der Waals surface area contributed by atoms with Crippen LogP contribution in [0.2, 0.25) is 0 Å². The fourth-order valence-electron chi connectivity index (χ4n) is 1.83. The molecule has 1 aromatic carbocycles. The lowest BCUT2D eigenvalue weighted by Gasteiger charge is -2.10. The number of aromatic nitrogens is 2. The summed E-state index contributed by atoms with van der Waals surface area (Å²) in [7, 11) is 1.95. The Balaban J connectivity index is 2.11. The van der Waals surface area contributed by atoms with Gasteiger partial charge in [0.1, 0.15) is 18.2 Å². The van der Waals surface area contributed by atoms with Crippen molar-refractivity contribution in [1.29, 1.82) is 0 Å². The molecule has 4 nitrogen and oxygen atoms in total. The normalized spacial score (nSPS) is 10.7. The zero-order valence-electron chi connectivity index (χ0n) is 11.1. The second-order valence-electron chi connectivity index (χ2n) is 4.45. The van der Waals surface area contributed by atoms with E-state index in [9.17, 15) is 0 Å². The lowest BCUT2D eigenvalue weighted by Crippen LogP contribution is -2.04. The Kier molecular flexibility index (Phi) is 3.67. The molecule has 0 saturated carbocycles. The Morgan fingerprint density at radius 2 is 2.11 bits per heavy atom. The van der Waals surface area contributed by atoms with Crippen LogP contribution in [0.3, 0.4) is 0 Å². The van der Waals surface area contributed by atoms with Crippen molar-refractivity contribution in [2.75, 3.05) is 0 Å². The third-order valence-electron chi connectivity index (χ3n) is 3.14. The minimum absolute atomic E-state index is 0.456. The van der Waals surface area contributed by atoms with Crippen LogP contribution in [0.1, 0.15) is 22.6 Å². The molecule has 0 radical (unpaired) electrons. The number of hydrogen-bond acceptors (Lipinski definition) is 3. The van der Waals surface area contributed by atoms with Crippen LogP contribution in [0, 0.1) is 13.8 Å². The molecule has 0 aliphatic rings. The average molecular weight is 245 g/mol. The molecule has 2 rings (SSSR count). The van der Waals surface area contributed by atoms with Gasteiger partial charge in [0.15, 0.2) is 0 Å². The van der Waals surface area contributed by atoms with Crippen molar-refractivity contribution in [2.24, 2.45) is 12.8 Å². The van der Waals surface area contributed by atoms with E-state index in [1.54, 1.807) is 0 Å². The third-order valence-corrected chi connectivity index (χ3v) is 3.14. The van der Waals surface area contributed by atoms with Gasteiger partial charge in [-0.3, -0.25) is 0 Å². The van der Waals surface area contributed by atoms with Crippen molar-refractivity contribution >= 4 is 0 Å². The van der Waals surface area contributed by atoms with Gasteiger partial charge in [-0.1, -0.05) is 12.1 Å². The summed E-state index contributed by atoms with van der Waals surface area (Å²) < 4.78 is 7.77. The molecule has 0 aliphatic heterocycles. The first-order valence-electron chi connectivity index (χ1n) is 6.02. The van der Waals surface area contributed by atoms with Crippen molar-refractivity contribution in [3.8, 4) is 5.75 Å². The predicted molar refractivity (Wildman–Crippen MR) is 71.3 cm³/mol. The SMILES string of the molecule is Cc1cccc(OCc2nc(CN)cn2C)c1C. The molecule has 0 saturated heterocycles. The first-order valence-corrected chi connectivity index (χ1v) is 6.02. The van der Waals surface area contributed by atoms with Crippen molar-refractivity contribution in [2.45, 2.75) is 27.0 Å². The van der Waals surface area contributed by atoms with Gasteiger partial charge < -0.3 is 15.0 Å². The van der Waals surface area contributed by atoms with Gasteiger partial charge >= 0.3 is 0 Å². The minimum Gasteiger partial charge on any atom is -0.485 e. The number of benzene rings is 1. The van der Waals surface area contributed by atoms with Gasteiger partial charge in [-0.15, -0.1) is 0 Å². The molecule has 1 aromatic heterocycles. The molecular weight excluding hydrogens is 226 g/mol. The Bertz CT molecular complexity index is 546. The second kappa shape index (κ2) is 5.23. The van der Waals surface area contributed by atoms with E-state index in [4.69, 9.17) is 10.5 Å². The molecule has 0 bridgehead atoms. The minimum atomic E-state index is 0.456. The number of hydrogen-bond donors (Lipinski definition) is 1. The third kappa shape index (κ3) is 2.54. The predicted octanol–water partition coefficient (Wildman–Crippen LogP) is 2.07. The molecule has 96 valence electrons. The molecule has 1 heterocycles. The van der Waals surface area contributed by atoms with E-state index in [0.29, 0.717) is 13.2 Å². The Labute approximate surface area is 107 Å². The summed E-state index contributed by atoms with van der Waals surface area (Å²) in [6, 6.07) is 6.06. The van der Waals surface area contributed by atoms with Gasteiger partial charge in [-0.2, -0.15) is 0 Å². The van der Waals surface area contributed by atoms with Crippen LogP contribution < -0.4 is 10.5 Å². The summed E-state index contributed by atoms with van der Waals surface area (Å²) in [5.74, 6) is 1.80. The number of rotatable bonds is 4. The van der Waals surface area contributed by atoms with Crippen LogP contribution in [-0.4, -0.2) is 9.55 Å². The van der Waals surface area contributed by atoms with Crippen LogP contribution in [0.25, 0.3) is 0 Å². The lowest BCUT2D eigenvalue weighted by molar-refractivity contribution is 0.289. The maximum absolute atomic E-state index is 5.82. The molecule has 0 spiro atoms. The number of aryl methyl sites for hydroxylation is 2. The van der Waals surface area contributed by atoms with Crippen molar-refractivity contribution in [3.05, 3.63) is 47.0 Å². The smallest absolute Gasteiger partial charge is 0.146 e. The van der Waals surface area contributed by atoms with Crippen LogP contribution in [0.4, 0.5) is 0 Å². The first kappa shape index (κ1) is 12.6. The van der Waals surface area contributed by atoms with Crippen molar-refractivity contribution in [3.63, 3.8) is 0 Å². The molecule has 0 amide bonds. The van der Waals surface area contributed by atoms with E-state index in [0.717, 1.165) is 17.3 Å². The molecule has 18 heavy (non-hydrogen) atoms. The van der Waals surface area contributed by atoms with Crippen LogP contribution in [0.5, 0.6) is 5.75 Å². The highest BCUT2D eigenvalue weighted by Gasteiger charge is 2.07. The molecule has 0 fully saturated rings. The molecule has 2 aromatic rings. The average Bonchev–Trinajstić information content (AvgIpc) is 2.72. The highest BCUT2D eigenvalue weighted by atomic mass is 16.5. The van der Waals surface area contributed by atoms with E-state index >= 15 is 0 Å². The number of imidazole rings is 1. The molecular formula is C14H19N3O. The monoisotopic (exact) mass is 245 g/mol. The van der Waals surface area contributed by atoms with Gasteiger partial charge in [0.05, 0.1) is 5.69 Å². The quantitative estimate of drug-likeness (QED) is 0.897. The maximum Gasteiger partial charge on any atom is 0.146 e. The molecule has 0 atom stereocenters. The first-order chi connectivity index (χ1) is 8.61. The number of nitrogens with two attached hydrogens (primary N) is 1. The summed E-state index contributed by atoms with van der Waals surface area (Å²) in [6.45, 7) is 5.06. The van der Waals surface area contributed by atoms with Crippen LogP contribution in [-0.2, 0) is 20.2 Å². The highest BCUT2D eigenvalue weighted by Crippen LogP contribution is 2.21. The van der Waals surface area contributed by atoms with Gasteiger partial charge in [0.2, 0.25) is 0 Å². The van der Waals surface area contributed by atoms with Crippen molar-refractivity contribution < 1.29 is 4.74 Å². The van der Waals surface area contributed by atoms with E-state index in [1.165, 1.54) is 11.1 Å². The largest absolute Gasteiger partial charge is 0.485 e. The Morgan fingerprint density at radius 3 is 2.78 bits per heavy atom. The van der Waals surface area contributed by atoms with E-state index in [2.05, 4.69) is 24.9 Å². The fourth-order valence-corrected chi connectivity index (χ4v) is 1.83. The van der Waals surface area contributed by atoms with E-state index in [1.807, 2.05) is 29.9 Å². The fraction of sp³-hybridized carbons (Fsp3) is 0.357. The lowest BCUT2D eigenvalue weighted by atomic mass is 10.1. The Hall–Kier alpha value is -1.81. The van der Waals surface area contributed by atoms with Gasteiger partial charge in [0, 0.05) is 19.8 Å².